The lowest BCUT2D eigenvalue weighted by Crippen LogP contribution is -2.49. The van der Waals surface area contributed by atoms with Crippen LogP contribution in [0.5, 0.6) is 0 Å². The molecule has 1 fully saturated rings. The summed E-state index contributed by atoms with van der Waals surface area (Å²) in [7, 11) is 0. The van der Waals surface area contributed by atoms with Gasteiger partial charge < -0.3 is 14.0 Å². The van der Waals surface area contributed by atoms with Crippen LogP contribution in [0.1, 0.15) is 56.3 Å². The molecule has 0 N–H and O–H groups in total. The van der Waals surface area contributed by atoms with Crippen molar-refractivity contribution in [2.45, 2.75) is 58.0 Å². The van der Waals surface area contributed by atoms with Crippen molar-refractivity contribution in [3.63, 3.8) is 0 Å². The van der Waals surface area contributed by atoms with E-state index in [1.54, 1.807) is 10.6 Å². The van der Waals surface area contributed by atoms with E-state index in [0.29, 0.717) is 32.1 Å². The second kappa shape index (κ2) is 8.74. The maximum Gasteiger partial charge on any atom is 0.334 e. The van der Waals surface area contributed by atoms with Gasteiger partial charge in [0.1, 0.15) is 0 Å². The molecule has 3 aromatic rings. The van der Waals surface area contributed by atoms with Gasteiger partial charge in [0.2, 0.25) is 5.91 Å². The Hall–Kier alpha value is -3.42. The van der Waals surface area contributed by atoms with Crippen LogP contribution >= 0.6 is 0 Å². The Labute approximate surface area is 197 Å². The number of aryl methyl sites for hydroxylation is 1. The molecule has 4 heterocycles. The zero-order valence-corrected chi connectivity index (χ0v) is 19.6. The zero-order valence-electron chi connectivity index (χ0n) is 19.6. The van der Waals surface area contributed by atoms with Gasteiger partial charge in [-0.25, -0.2) is 0 Å². The smallest absolute Gasteiger partial charge is 0.334 e. The molecule has 5 rings (SSSR count). The third-order valence-electron chi connectivity index (χ3n) is 7.35. The Kier molecular flexibility index (Phi) is 5.75. The van der Waals surface area contributed by atoms with Crippen molar-refractivity contribution < 1.29 is 9.72 Å². The first-order valence-corrected chi connectivity index (χ1v) is 12.1. The molecule has 2 bridgehead atoms. The molecule has 0 radical (unpaired) electrons. The fourth-order valence-electron chi connectivity index (χ4n) is 5.77. The number of hydrogen-bond acceptors (Lipinski definition) is 4. The van der Waals surface area contributed by atoms with Crippen LogP contribution < -0.4 is 5.56 Å². The molecule has 2 aliphatic rings. The van der Waals surface area contributed by atoms with Crippen LogP contribution in [-0.2, 0) is 17.8 Å². The van der Waals surface area contributed by atoms with Crippen molar-refractivity contribution in [2.75, 3.05) is 13.1 Å². The van der Waals surface area contributed by atoms with E-state index >= 15 is 0 Å². The number of piperidine rings is 1. The molecular weight excluding hydrogens is 432 g/mol. The molecule has 8 heteroatoms. The second-order valence-corrected chi connectivity index (χ2v) is 9.94. The van der Waals surface area contributed by atoms with E-state index in [-0.39, 0.29) is 23.4 Å². The fraction of sp³-hybridized carbons (Fsp3) is 0.462. The quantitative estimate of drug-likeness (QED) is 0.404. The van der Waals surface area contributed by atoms with Gasteiger partial charge in [-0.15, -0.1) is 0 Å². The molecule has 2 aromatic heterocycles. The standard InChI is InChI=1S/C26H30N4O4/c1-17(2)28-16-19(21-7-3-4-8-23(21)28)6-5-9-25(31)27-13-18-12-20(15-27)22-10-11-24(30(33)34)26(32)29(22)14-18/h3-4,7-8,10-11,16-18,20H,5-6,9,12-15H2,1-2H3/t18-,20+/m1/s1. The number of aromatic nitrogens is 2. The third kappa shape index (κ3) is 3.91. The molecule has 0 spiro atoms. The maximum atomic E-state index is 13.1. The van der Waals surface area contributed by atoms with E-state index in [1.165, 1.54) is 22.5 Å². The summed E-state index contributed by atoms with van der Waals surface area (Å²) in [6, 6.07) is 11.8. The number of rotatable bonds is 6. The molecule has 1 aromatic carbocycles. The minimum atomic E-state index is -0.617. The lowest BCUT2D eigenvalue weighted by Gasteiger charge is -2.42. The van der Waals surface area contributed by atoms with Crippen LogP contribution in [0.4, 0.5) is 5.69 Å². The van der Waals surface area contributed by atoms with Crippen LogP contribution in [0, 0.1) is 16.0 Å². The number of nitro groups is 1. The first kappa shape index (κ1) is 22.4. The summed E-state index contributed by atoms with van der Waals surface area (Å²) >= 11 is 0. The molecule has 34 heavy (non-hydrogen) atoms. The topological polar surface area (TPSA) is 90.4 Å². The molecule has 8 nitrogen and oxygen atoms in total. The Balaban J connectivity index is 1.26. The number of amides is 1. The molecule has 1 amide bonds. The zero-order chi connectivity index (χ0) is 24.0. The first-order valence-electron chi connectivity index (χ1n) is 12.1. The Morgan fingerprint density at radius 2 is 1.94 bits per heavy atom. The van der Waals surface area contributed by atoms with Gasteiger partial charge in [-0.1, -0.05) is 18.2 Å². The number of benzene rings is 1. The molecule has 178 valence electrons. The van der Waals surface area contributed by atoms with Crippen LogP contribution in [0.15, 0.2) is 47.4 Å². The largest absolute Gasteiger partial charge is 0.345 e. The van der Waals surface area contributed by atoms with E-state index in [9.17, 15) is 19.7 Å². The van der Waals surface area contributed by atoms with Gasteiger partial charge >= 0.3 is 11.2 Å². The van der Waals surface area contributed by atoms with Crippen molar-refractivity contribution in [3.05, 3.63) is 74.3 Å². The highest BCUT2D eigenvalue weighted by molar-refractivity contribution is 5.84. The number of carbonyl (C=O) groups is 1. The molecule has 0 aliphatic carbocycles. The van der Waals surface area contributed by atoms with Gasteiger partial charge in [0.15, 0.2) is 0 Å². The minimum Gasteiger partial charge on any atom is -0.345 e. The highest BCUT2D eigenvalue weighted by Crippen LogP contribution is 2.36. The molecule has 0 saturated carbocycles. The summed E-state index contributed by atoms with van der Waals surface area (Å²) in [5.74, 6) is 0.355. The van der Waals surface area contributed by atoms with Gasteiger partial charge in [-0.2, -0.15) is 0 Å². The van der Waals surface area contributed by atoms with Gasteiger partial charge in [0.25, 0.3) is 0 Å². The third-order valence-corrected chi connectivity index (χ3v) is 7.35. The van der Waals surface area contributed by atoms with E-state index in [4.69, 9.17) is 0 Å². The number of carbonyl (C=O) groups excluding carboxylic acids is 1. The predicted molar refractivity (Wildman–Crippen MR) is 130 cm³/mol. The van der Waals surface area contributed by atoms with Gasteiger partial charge in [0.05, 0.1) is 4.92 Å². The molecule has 0 unspecified atom stereocenters. The molecule has 1 saturated heterocycles. The minimum absolute atomic E-state index is 0.0500. The molecule has 2 atom stereocenters. The Bertz CT molecular complexity index is 1320. The predicted octanol–water partition coefficient (Wildman–Crippen LogP) is 4.26. The number of para-hydroxylation sites is 1. The number of pyridine rings is 1. The van der Waals surface area contributed by atoms with E-state index in [0.717, 1.165) is 25.0 Å². The van der Waals surface area contributed by atoms with Gasteiger partial charge in [-0.05, 0) is 56.7 Å². The van der Waals surface area contributed by atoms with E-state index in [2.05, 4.69) is 48.9 Å². The summed E-state index contributed by atoms with van der Waals surface area (Å²) < 4.78 is 3.85. The van der Waals surface area contributed by atoms with Crippen LogP contribution in [0.25, 0.3) is 10.9 Å². The van der Waals surface area contributed by atoms with Crippen LogP contribution in [0.3, 0.4) is 0 Å². The SMILES string of the molecule is CC(C)n1cc(CCCC(=O)N2C[C@H]3C[C@@H](C2)c2ccc([N+](=O)[O-])c(=O)n2C3)c2ccccc21. The summed E-state index contributed by atoms with van der Waals surface area (Å²) in [5, 5.41) is 12.4. The Morgan fingerprint density at radius 3 is 2.71 bits per heavy atom. The normalized spacial score (nSPS) is 19.4. The van der Waals surface area contributed by atoms with Gasteiger partial charge in [-0.3, -0.25) is 19.7 Å². The summed E-state index contributed by atoms with van der Waals surface area (Å²) in [6.45, 7) is 5.97. The average Bonchev–Trinajstić information content (AvgIpc) is 3.18. The molecular formula is C26H30N4O4. The Morgan fingerprint density at radius 1 is 1.15 bits per heavy atom. The van der Waals surface area contributed by atoms with Crippen molar-refractivity contribution in [3.8, 4) is 0 Å². The van der Waals surface area contributed by atoms with Crippen molar-refractivity contribution in [1.29, 1.82) is 0 Å². The second-order valence-electron chi connectivity index (χ2n) is 9.94. The highest BCUT2D eigenvalue weighted by Gasteiger charge is 2.37. The lowest BCUT2D eigenvalue weighted by atomic mass is 9.83. The fourth-order valence-corrected chi connectivity index (χ4v) is 5.77. The van der Waals surface area contributed by atoms with Crippen molar-refractivity contribution in [1.82, 2.24) is 14.0 Å². The van der Waals surface area contributed by atoms with E-state index < -0.39 is 10.5 Å². The number of likely N-dealkylation sites (tertiary alicyclic amines) is 1. The lowest BCUT2D eigenvalue weighted by molar-refractivity contribution is -0.386. The van der Waals surface area contributed by atoms with Crippen LogP contribution in [0.2, 0.25) is 0 Å². The van der Waals surface area contributed by atoms with E-state index in [1.807, 2.05) is 4.90 Å². The molecule has 2 aliphatic heterocycles. The number of fused-ring (bicyclic) bond motifs is 5. The average molecular weight is 463 g/mol. The monoisotopic (exact) mass is 462 g/mol. The first-order chi connectivity index (χ1) is 16.3. The number of hydrogen-bond donors (Lipinski definition) is 0. The summed E-state index contributed by atoms with van der Waals surface area (Å²) in [4.78, 5) is 38.1. The summed E-state index contributed by atoms with van der Waals surface area (Å²) in [5.41, 5.74) is 2.41. The van der Waals surface area contributed by atoms with Crippen molar-refractivity contribution in [2.24, 2.45) is 5.92 Å². The maximum absolute atomic E-state index is 13.1. The summed E-state index contributed by atoms with van der Waals surface area (Å²) in [6.07, 6.45) is 5.27. The van der Waals surface area contributed by atoms with Gasteiger partial charge in [0, 0.05) is 66.9 Å². The number of nitrogens with zero attached hydrogens (tertiary/aromatic N) is 4. The van der Waals surface area contributed by atoms with Crippen molar-refractivity contribution >= 4 is 22.5 Å². The highest BCUT2D eigenvalue weighted by atomic mass is 16.6. The van der Waals surface area contributed by atoms with Crippen LogP contribution in [-0.4, -0.2) is 38.0 Å².